The molecular formula is C70H136O17P2. The van der Waals surface area contributed by atoms with Crippen LogP contribution < -0.4 is 0 Å². The van der Waals surface area contributed by atoms with E-state index in [1.807, 2.05) is 0 Å². The molecule has 0 aromatic rings. The fourth-order valence-electron chi connectivity index (χ4n) is 10.6. The van der Waals surface area contributed by atoms with Crippen molar-refractivity contribution in [2.45, 2.75) is 374 Å². The van der Waals surface area contributed by atoms with E-state index in [2.05, 4.69) is 41.5 Å². The van der Waals surface area contributed by atoms with Crippen molar-refractivity contribution in [2.24, 2.45) is 11.8 Å². The summed E-state index contributed by atoms with van der Waals surface area (Å²) >= 11 is 0. The van der Waals surface area contributed by atoms with Gasteiger partial charge in [0.1, 0.15) is 19.3 Å². The number of aliphatic hydroxyl groups excluding tert-OH is 1. The van der Waals surface area contributed by atoms with Crippen LogP contribution in [0.4, 0.5) is 0 Å². The number of hydrogen-bond donors (Lipinski definition) is 3. The molecule has 0 aliphatic heterocycles. The predicted octanol–water partition coefficient (Wildman–Crippen LogP) is 20.0. The van der Waals surface area contributed by atoms with Crippen molar-refractivity contribution < 1.29 is 80.2 Å². The lowest BCUT2D eigenvalue weighted by Crippen LogP contribution is -2.30. The molecule has 0 fully saturated rings. The van der Waals surface area contributed by atoms with Crippen LogP contribution >= 0.6 is 15.6 Å². The Morgan fingerprint density at radius 2 is 0.517 bits per heavy atom. The maximum absolute atomic E-state index is 13.0. The van der Waals surface area contributed by atoms with E-state index in [-0.39, 0.29) is 25.7 Å². The summed E-state index contributed by atoms with van der Waals surface area (Å²) in [4.78, 5) is 72.3. The molecular weight excluding hydrogens is 1170 g/mol. The first-order valence-corrected chi connectivity index (χ1v) is 39.5. The summed E-state index contributed by atoms with van der Waals surface area (Å²) in [5, 5.41) is 10.6. The molecule has 0 aromatic carbocycles. The topological polar surface area (TPSA) is 237 Å². The Kier molecular flexibility index (Phi) is 60.8. The van der Waals surface area contributed by atoms with E-state index in [1.54, 1.807) is 0 Å². The van der Waals surface area contributed by atoms with Gasteiger partial charge in [0.15, 0.2) is 12.2 Å². The molecule has 5 atom stereocenters. The number of esters is 4. The summed E-state index contributed by atoms with van der Waals surface area (Å²) in [6, 6.07) is 0. The number of hydrogen-bond acceptors (Lipinski definition) is 15. The Labute approximate surface area is 543 Å². The van der Waals surface area contributed by atoms with E-state index in [9.17, 15) is 43.2 Å². The van der Waals surface area contributed by atoms with Gasteiger partial charge >= 0.3 is 39.5 Å². The van der Waals surface area contributed by atoms with Gasteiger partial charge in [0.2, 0.25) is 0 Å². The van der Waals surface area contributed by atoms with Crippen LogP contribution in [0.15, 0.2) is 0 Å². The highest BCUT2D eigenvalue weighted by Crippen LogP contribution is 2.45. The molecule has 0 amide bonds. The van der Waals surface area contributed by atoms with E-state index >= 15 is 0 Å². The first kappa shape index (κ1) is 87.1. The van der Waals surface area contributed by atoms with Crippen LogP contribution in [0.1, 0.15) is 356 Å². The molecule has 528 valence electrons. The molecule has 19 heteroatoms. The summed E-state index contributed by atoms with van der Waals surface area (Å²) < 4.78 is 68.1. The van der Waals surface area contributed by atoms with Gasteiger partial charge in [-0.25, -0.2) is 9.13 Å². The van der Waals surface area contributed by atoms with E-state index in [0.29, 0.717) is 31.6 Å². The Hall–Kier alpha value is -1.94. The van der Waals surface area contributed by atoms with Gasteiger partial charge in [-0.05, 0) is 37.5 Å². The number of carbonyl (C=O) groups is 4. The zero-order valence-electron chi connectivity index (χ0n) is 57.7. The van der Waals surface area contributed by atoms with Crippen LogP contribution in [0.2, 0.25) is 0 Å². The fourth-order valence-corrected chi connectivity index (χ4v) is 12.2. The minimum absolute atomic E-state index is 0.102. The second-order valence-electron chi connectivity index (χ2n) is 26.2. The number of unbranched alkanes of at least 4 members (excludes halogenated alkanes) is 39. The predicted molar refractivity (Wildman–Crippen MR) is 358 cm³/mol. The molecule has 0 saturated heterocycles. The minimum atomic E-state index is -4.95. The Bertz CT molecular complexity index is 1730. The first-order chi connectivity index (χ1) is 42.9. The lowest BCUT2D eigenvalue weighted by Gasteiger charge is -2.21. The molecule has 0 heterocycles. The van der Waals surface area contributed by atoms with Crippen molar-refractivity contribution in [2.75, 3.05) is 39.6 Å². The Morgan fingerprint density at radius 3 is 0.764 bits per heavy atom. The van der Waals surface area contributed by atoms with E-state index in [4.69, 9.17) is 37.0 Å². The van der Waals surface area contributed by atoms with Crippen LogP contribution in [0, 0.1) is 11.8 Å². The molecule has 0 bridgehead atoms. The number of ether oxygens (including phenoxy) is 4. The average Bonchev–Trinajstić information content (AvgIpc) is 3.71. The summed E-state index contributed by atoms with van der Waals surface area (Å²) in [7, 11) is -9.89. The van der Waals surface area contributed by atoms with E-state index in [1.165, 1.54) is 161 Å². The normalized spacial score (nSPS) is 14.1. The smallest absolute Gasteiger partial charge is 0.462 e. The van der Waals surface area contributed by atoms with Crippen molar-refractivity contribution in [3.05, 3.63) is 0 Å². The fraction of sp³-hybridized carbons (Fsp3) is 0.943. The average molecular weight is 1310 g/mol. The van der Waals surface area contributed by atoms with Gasteiger partial charge in [-0.3, -0.25) is 37.3 Å². The third-order valence-electron chi connectivity index (χ3n) is 16.2. The molecule has 3 N–H and O–H groups in total. The lowest BCUT2D eigenvalue weighted by molar-refractivity contribution is -0.161. The molecule has 0 saturated carbocycles. The second kappa shape index (κ2) is 62.2. The number of phosphoric acid groups is 2. The summed E-state index contributed by atoms with van der Waals surface area (Å²) in [6.07, 6.45) is 47.8. The number of phosphoric ester groups is 2. The molecule has 2 unspecified atom stereocenters. The Balaban J connectivity index is 5.13. The van der Waals surface area contributed by atoms with Crippen molar-refractivity contribution in [3.8, 4) is 0 Å². The van der Waals surface area contributed by atoms with Crippen molar-refractivity contribution in [1.82, 2.24) is 0 Å². The minimum Gasteiger partial charge on any atom is -0.462 e. The van der Waals surface area contributed by atoms with Gasteiger partial charge in [-0.2, -0.15) is 0 Å². The zero-order chi connectivity index (χ0) is 65.7. The van der Waals surface area contributed by atoms with Gasteiger partial charge < -0.3 is 33.8 Å². The maximum atomic E-state index is 13.0. The van der Waals surface area contributed by atoms with E-state index < -0.39 is 97.5 Å². The van der Waals surface area contributed by atoms with Crippen molar-refractivity contribution >= 4 is 39.5 Å². The van der Waals surface area contributed by atoms with Crippen molar-refractivity contribution in [3.63, 3.8) is 0 Å². The van der Waals surface area contributed by atoms with Gasteiger partial charge in [0.05, 0.1) is 26.4 Å². The van der Waals surface area contributed by atoms with Gasteiger partial charge in [0, 0.05) is 25.7 Å². The summed E-state index contributed by atoms with van der Waals surface area (Å²) in [5.74, 6) is -0.722. The molecule has 0 spiro atoms. The number of carbonyl (C=O) groups excluding carboxylic acids is 4. The maximum Gasteiger partial charge on any atom is 0.472 e. The van der Waals surface area contributed by atoms with Crippen molar-refractivity contribution in [1.29, 1.82) is 0 Å². The number of aliphatic hydroxyl groups is 1. The highest BCUT2D eigenvalue weighted by atomic mass is 31.2. The molecule has 0 aromatic heterocycles. The summed E-state index contributed by atoms with van der Waals surface area (Å²) in [6.45, 7) is 9.38. The van der Waals surface area contributed by atoms with Gasteiger partial charge in [-0.1, -0.05) is 305 Å². The summed E-state index contributed by atoms with van der Waals surface area (Å²) in [5.41, 5.74) is 0. The third-order valence-corrected chi connectivity index (χ3v) is 18.1. The Morgan fingerprint density at radius 1 is 0.303 bits per heavy atom. The third kappa shape index (κ3) is 64.6. The van der Waals surface area contributed by atoms with Gasteiger partial charge in [-0.15, -0.1) is 0 Å². The SMILES string of the molecule is CCCCCCCCCCCCCCCCCCCCCCCC(=O)O[C@H](COC(=O)CCCCCCCCCCCC(C)C)COP(=O)(O)OC[C@@H](O)COP(=O)(O)OC[C@@H](COC(=O)CCCCCCCCC)OC(=O)CCCCCCCCC(C)C. The molecule has 89 heavy (non-hydrogen) atoms. The quantitative estimate of drug-likeness (QED) is 0.0222. The van der Waals surface area contributed by atoms with Crippen LogP contribution in [-0.2, 0) is 65.4 Å². The van der Waals surface area contributed by atoms with Gasteiger partial charge in [0.25, 0.3) is 0 Å². The molecule has 0 rings (SSSR count). The van der Waals surface area contributed by atoms with E-state index in [0.717, 1.165) is 109 Å². The zero-order valence-corrected chi connectivity index (χ0v) is 59.5. The lowest BCUT2D eigenvalue weighted by atomic mass is 10.0. The molecule has 17 nitrogen and oxygen atoms in total. The van der Waals surface area contributed by atoms with Crippen LogP contribution in [-0.4, -0.2) is 96.7 Å². The van der Waals surface area contributed by atoms with Crippen LogP contribution in [0.5, 0.6) is 0 Å². The molecule has 0 aliphatic carbocycles. The largest absolute Gasteiger partial charge is 0.472 e. The molecule has 0 radical (unpaired) electrons. The highest BCUT2D eigenvalue weighted by Gasteiger charge is 2.30. The highest BCUT2D eigenvalue weighted by molar-refractivity contribution is 7.47. The first-order valence-electron chi connectivity index (χ1n) is 36.5. The molecule has 0 aliphatic rings. The van der Waals surface area contributed by atoms with Crippen LogP contribution in [0.3, 0.4) is 0 Å². The van der Waals surface area contributed by atoms with Crippen LogP contribution in [0.25, 0.3) is 0 Å². The standard InChI is InChI=1S/C70H136O17P2/c1-7-9-11-13-15-16-17-18-19-20-21-22-23-24-25-26-27-30-35-42-48-54-69(74)86-65(59-81-68(73)53-47-41-34-31-28-29-33-38-44-50-62(3)4)60-84-88(76,77)82-56-64(71)57-83-89(78,79)85-61-66(58-80-67(72)52-46-40-32-14-12-10-8-2)87-70(75)55-49-43-37-36-39-45-51-63(5)6/h62-66,71H,7-61H2,1-6H3,(H,76,77)(H,78,79)/t64-,65-,66-/m1/s1. The number of rotatable bonds is 69. The monoisotopic (exact) mass is 1310 g/mol. The second-order valence-corrected chi connectivity index (χ2v) is 29.1.